The molecule has 0 saturated carbocycles. The molecule has 0 aromatic rings. The zero-order chi connectivity index (χ0) is 20.4. The summed E-state index contributed by atoms with van der Waals surface area (Å²) in [5.41, 5.74) is 5.26. The van der Waals surface area contributed by atoms with E-state index >= 15 is 0 Å². The Morgan fingerprint density at radius 3 is 1.96 bits per heavy atom. The van der Waals surface area contributed by atoms with Gasteiger partial charge in [0.1, 0.15) is 18.1 Å². The molecule has 4 atom stereocenters. The maximum absolute atomic E-state index is 12.4. The van der Waals surface area contributed by atoms with Crippen molar-refractivity contribution in [2.75, 3.05) is 6.54 Å². The van der Waals surface area contributed by atoms with Crippen molar-refractivity contribution in [1.29, 1.82) is 0 Å². The van der Waals surface area contributed by atoms with Crippen molar-refractivity contribution in [1.82, 2.24) is 16.0 Å². The molecule has 0 radical (unpaired) electrons. The Labute approximate surface area is 154 Å². The van der Waals surface area contributed by atoms with E-state index in [4.69, 9.17) is 5.73 Å². The summed E-state index contributed by atoms with van der Waals surface area (Å²) in [4.78, 5) is 47.4. The fraction of sp³-hybridized carbons (Fsp3) is 0.765. The predicted octanol–water partition coefficient (Wildman–Crippen LogP) is -0.404. The number of amides is 3. The van der Waals surface area contributed by atoms with Gasteiger partial charge in [-0.3, -0.25) is 14.4 Å². The van der Waals surface area contributed by atoms with Gasteiger partial charge >= 0.3 is 5.97 Å². The van der Waals surface area contributed by atoms with E-state index in [0.717, 1.165) is 0 Å². The number of nitrogens with one attached hydrogen (secondary N) is 3. The molecule has 0 fully saturated rings. The van der Waals surface area contributed by atoms with Crippen LogP contribution in [-0.4, -0.2) is 53.5 Å². The SMILES string of the molecule is CCC(C)C(NC(=O)C(C)NC(=O)C(CC(C)C)NC(=O)CN)C(=O)O. The van der Waals surface area contributed by atoms with Crippen molar-refractivity contribution >= 4 is 23.7 Å². The lowest BCUT2D eigenvalue weighted by atomic mass is 9.99. The second kappa shape index (κ2) is 11.5. The Balaban J connectivity index is 4.93. The van der Waals surface area contributed by atoms with Gasteiger partial charge in [-0.05, 0) is 25.2 Å². The summed E-state index contributed by atoms with van der Waals surface area (Å²) in [6.07, 6.45) is 0.968. The lowest BCUT2D eigenvalue weighted by Crippen LogP contribution is -2.56. The van der Waals surface area contributed by atoms with Crippen LogP contribution in [0.25, 0.3) is 0 Å². The van der Waals surface area contributed by atoms with E-state index < -0.39 is 41.8 Å². The first kappa shape index (κ1) is 23.8. The summed E-state index contributed by atoms with van der Waals surface area (Å²) >= 11 is 0. The molecule has 26 heavy (non-hydrogen) atoms. The van der Waals surface area contributed by atoms with Crippen molar-refractivity contribution in [3.63, 3.8) is 0 Å². The molecule has 0 saturated heterocycles. The molecule has 0 aromatic carbocycles. The molecule has 9 nitrogen and oxygen atoms in total. The topological polar surface area (TPSA) is 151 Å². The summed E-state index contributed by atoms with van der Waals surface area (Å²) in [6, 6.07) is -2.79. The number of aliphatic carboxylic acids is 1. The molecule has 4 unspecified atom stereocenters. The van der Waals surface area contributed by atoms with Crippen LogP contribution in [0.4, 0.5) is 0 Å². The van der Waals surface area contributed by atoms with Gasteiger partial charge in [0.25, 0.3) is 0 Å². The summed E-state index contributed by atoms with van der Waals surface area (Å²) in [7, 11) is 0. The molecule has 9 heteroatoms. The minimum absolute atomic E-state index is 0.134. The van der Waals surface area contributed by atoms with E-state index in [-0.39, 0.29) is 18.4 Å². The van der Waals surface area contributed by atoms with Crippen LogP contribution in [-0.2, 0) is 19.2 Å². The molecule has 3 amide bonds. The molecule has 0 bridgehead atoms. The first-order chi connectivity index (χ1) is 12.0. The minimum atomic E-state index is -1.13. The molecule has 150 valence electrons. The van der Waals surface area contributed by atoms with Crippen LogP contribution in [0, 0.1) is 11.8 Å². The fourth-order valence-electron chi connectivity index (χ4n) is 2.30. The highest BCUT2D eigenvalue weighted by Crippen LogP contribution is 2.09. The van der Waals surface area contributed by atoms with E-state index in [9.17, 15) is 24.3 Å². The van der Waals surface area contributed by atoms with E-state index in [2.05, 4.69) is 16.0 Å². The maximum Gasteiger partial charge on any atom is 0.326 e. The number of carbonyl (C=O) groups excluding carboxylic acids is 3. The number of carboxylic acids is 1. The molecule has 6 N–H and O–H groups in total. The van der Waals surface area contributed by atoms with E-state index in [0.29, 0.717) is 12.8 Å². The number of nitrogens with two attached hydrogens (primary N) is 1. The predicted molar refractivity (Wildman–Crippen MR) is 97.1 cm³/mol. The molecule has 0 spiro atoms. The third-order valence-corrected chi connectivity index (χ3v) is 4.07. The van der Waals surface area contributed by atoms with Crippen molar-refractivity contribution in [2.24, 2.45) is 17.6 Å². The normalized spacial score (nSPS) is 15.5. The first-order valence-electron chi connectivity index (χ1n) is 8.86. The second-order valence-electron chi connectivity index (χ2n) is 6.89. The van der Waals surface area contributed by atoms with Gasteiger partial charge < -0.3 is 26.8 Å². The smallest absolute Gasteiger partial charge is 0.326 e. The second-order valence-corrected chi connectivity index (χ2v) is 6.89. The van der Waals surface area contributed by atoms with Crippen LogP contribution in [0.3, 0.4) is 0 Å². The van der Waals surface area contributed by atoms with E-state index in [1.165, 1.54) is 6.92 Å². The Kier molecular flexibility index (Phi) is 10.5. The molecule has 0 aliphatic carbocycles. The highest BCUT2D eigenvalue weighted by molar-refractivity contribution is 5.93. The summed E-state index contributed by atoms with van der Waals surface area (Å²) in [5, 5.41) is 16.7. The third-order valence-electron chi connectivity index (χ3n) is 4.07. The Bertz CT molecular complexity index is 509. The number of carboxylic acid groups (broad SMARTS) is 1. The fourth-order valence-corrected chi connectivity index (χ4v) is 2.30. The van der Waals surface area contributed by atoms with Crippen LogP contribution in [0.15, 0.2) is 0 Å². The van der Waals surface area contributed by atoms with E-state index in [1.54, 1.807) is 6.92 Å². The van der Waals surface area contributed by atoms with Crippen LogP contribution in [0.2, 0.25) is 0 Å². The van der Waals surface area contributed by atoms with Gasteiger partial charge in [0.15, 0.2) is 0 Å². The van der Waals surface area contributed by atoms with Crippen LogP contribution >= 0.6 is 0 Å². The van der Waals surface area contributed by atoms with Gasteiger partial charge in [-0.2, -0.15) is 0 Å². The minimum Gasteiger partial charge on any atom is -0.480 e. The lowest BCUT2D eigenvalue weighted by Gasteiger charge is -2.25. The molecule has 0 aliphatic heterocycles. The average molecular weight is 372 g/mol. The zero-order valence-corrected chi connectivity index (χ0v) is 16.2. The van der Waals surface area contributed by atoms with Gasteiger partial charge in [-0.25, -0.2) is 4.79 Å². The number of carbonyl (C=O) groups is 4. The van der Waals surface area contributed by atoms with Crippen molar-refractivity contribution < 1.29 is 24.3 Å². The standard InChI is InChI=1S/C17H32N4O5/c1-6-10(4)14(17(25)26)21-15(23)11(5)19-16(24)12(7-9(2)3)20-13(22)8-18/h9-12,14H,6-8,18H2,1-5H3,(H,19,24)(H,20,22)(H,21,23)(H,25,26). The molecule has 0 aromatic heterocycles. The lowest BCUT2D eigenvalue weighted by molar-refractivity contribution is -0.143. The van der Waals surface area contributed by atoms with Crippen LogP contribution in [0.1, 0.15) is 47.5 Å². The molecule has 0 rings (SSSR count). The number of hydrogen-bond donors (Lipinski definition) is 5. The average Bonchev–Trinajstić information content (AvgIpc) is 2.56. The third kappa shape index (κ3) is 8.28. The molecular weight excluding hydrogens is 340 g/mol. The number of rotatable bonds is 11. The van der Waals surface area contributed by atoms with Crippen molar-refractivity contribution in [2.45, 2.75) is 65.6 Å². The van der Waals surface area contributed by atoms with Gasteiger partial charge in [0, 0.05) is 0 Å². The summed E-state index contributed by atoms with van der Waals surface area (Å²) in [6.45, 7) is 8.56. The van der Waals surface area contributed by atoms with Gasteiger partial charge in [0.2, 0.25) is 17.7 Å². The molecular formula is C17H32N4O5. The first-order valence-corrected chi connectivity index (χ1v) is 8.86. The van der Waals surface area contributed by atoms with E-state index in [1.807, 2.05) is 20.8 Å². The Morgan fingerprint density at radius 1 is 0.962 bits per heavy atom. The van der Waals surface area contributed by atoms with Gasteiger partial charge in [-0.15, -0.1) is 0 Å². The van der Waals surface area contributed by atoms with Crippen molar-refractivity contribution in [3.05, 3.63) is 0 Å². The Hall–Kier alpha value is -2.16. The quantitative estimate of drug-likeness (QED) is 0.333. The highest BCUT2D eigenvalue weighted by Gasteiger charge is 2.29. The largest absolute Gasteiger partial charge is 0.480 e. The highest BCUT2D eigenvalue weighted by atomic mass is 16.4. The molecule has 0 aliphatic rings. The zero-order valence-electron chi connectivity index (χ0n) is 16.2. The van der Waals surface area contributed by atoms with Gasteiger partial charge in [-0.1, -0.05) is 34.1 Å². The van der Waals surface area contributed by atoms with Gasteiger partial charge in [0.05, 0.1) is 6.54 Å². The Morgan fingerprint density at radius 2 is 1.54 bits per heavy atom. The van der Waals surface area contributed by atoms with Crippen LogP contribution in [0.5, 0.6) is 0 Å². The molecule has 0 heterocycles. The maximum atomic E-state index is 12.4. The summed E-state index contributed by atoms with van der Waals surface area (Å²) < 4.78 is 0. The van der Waals surface area contributed by atoms with Crippen LogP contribution < -0.4 is 21.7 Å². The summed E-state index contributed by atoms with van der Waals surface area (Å²) in [5.74, 6) is -2.82. The number of hydrogen-bond acceptors (Lipinski definition) is 5. The van der Waals surface area contributed by atoms with Crippen molar-refractivity contribution in [3.8, 4) is 0 Å². The monoisotopic (exact) mass is 372 g/mol.